The lowest BCUT2D eigenvalue weighted by Gasteiger charge is -2.20. The number of nitro groups is 1. The summed E-state index contributed by atoms with van der Waals surface area (Å²) < 4.78 is 16.9. The van der Waals surface area contributed by atoms with Crippen molar-refractivity contribution in [3.8, 4) is 28.4 Å². The van der Waals surface area contributed by atoms with E-state index in [1.807, 2.05) is 18.4 Å². The Balaban J connectivity index is 1.91. The van der Waals surface area contributed by atoms with Gasteiger partial charge in [0.15, 0.2) is 16.9 Å². The molecule has 9 nitrogen and oxygen atoms in total. The van der Waals surface area contributed by atoms with Gasteiger partial charge in [0.25, 0.3) is 11.6 Å². The van der Waals surface area contributed by atoms with E-state index in [0.717, 1.165) is 11.1 Å². The van der Waals surface area contributed by atoms with E-state index in [1.54, 1.807) is 26.4 Å². The van der Waals surface area contributed by atoms with Crippen molar-refractivity contribution in [2.75, 3.05) is 27.6 Å². The van der Waals surface area contributed by atoms with Gasteiger partial charge in [-0.2, -0.15) is 0 Å². The Bertz CT molecular complexity index is 1440. The van der Waals surface area contributed by atoms with Crippen molar-refractivity contribution >= 4 is 23.4 Å². The molecule has 3 aromatic carbocycles. The normalized spacial score (nSPS) is 14.0. The van der Waals surface area contributed by atoms with Crippen molar-refractivity contribution in [2.24, 2.45) is 0 Å². The number of rotatable bonds is 7. The molecule has 1 amide bonds. The van der Waals surface area contributed by atoms with Crippen molar-refractivity contribution in [3.05, 3.63) is 85.6 Å². The fraction of sp³-hybridized carbons (Fsp3) is 0.259. The lowest BCUT2D eigenvalue weighted by Crippen LogP contribution is -2.29. The number of methoxy groups -OCH3 is 3. The minimum absolute atomic E-state index is 0.158. The quantitative estimate of drug-likeness (QED) is 0.268. The third-order valence-corrected chi connectivity index (χ3v) is 7.12. The summed E-state index contributed by atoms with van der Waals surface area (Å²) in [5.41, 5.74) is 2.80. The number of thioether (sulfide) groups is 1. The molecule has 1 unspecified atom stereocenters. The second kappa shape index (κ2) is 10.9. The molecule has 0 bridgehead atoms. The van der Waals surface area contributed by atoms with E-state index in [9.17, 15) is 19.7 Å². The summed E-state index contributed by atoms with van der Waals surface area (Å²) >= 11 is 1.33. The van der Waals surface area contributed by atoms with E-state index in [2.05, 4.69) is 5.32 Å². The number of non-ortho nitro benzene ring substituents is 1. The maximum Gasteiger partial charge on any atom is 0.270 e. The molecule has 37 heavy (non-hydrogen) atoms. The maximum absolute atomic E-state index is 13.2. The Labute approximate surface area is 217 Å². The summed E-state index contributed by atoms with van der Waals surface area (Å²) in [6.45, 7) is 0. The highest BCUT2D eigenvalue weighted by Gasteiger charge is 2.30. The molecule has 0 spiro atoms. The summed E-state index contributed by atoms with van der Waals surface area (Å²) in [5.74, 6) is 0.922. The van der Waals surface area contributed by atoms with E-state index in [4.69, 9.17) is 14.2 Å². The first-order valence-electron chi connectivity index (χ1n) is 11.4. The first-order valence-corrected chi connectivity index (χ1v) is 12.6. The van der Waals surface area contributed by atoms with Crippen molar-refractivity contribution in [1.82, 2.24) is 5.32 Å². The van der Waals surface area contributed by atoms with Crippen LogP contribution in [0.15, 0.2) is 58.2 Å². The first-order chi connectivity index (χ1) is 17.8. The molecule has 192 valence electrons. The molecular weight excluding hydrogens is 496 g/mol. The molecule has 1 atom stereocenters. The summed E-state index contributed by atoms with van der Waals surface area (Å²) in [4.78, 5) is 37.5. The molecule has 1 N–H and O–H groups in total. The van der Waals surface area contributed by atoms with Gasteiger partial charge in [0.1, 0.15) is 0 Å². The van der Waals surface area contributed by atoms with Gasteiger partial charge in [-0.1, -0.05) is 12.1 Å². The van der Waals surface area contributed by atoms with E-state index >= 15 is 0 Å². The number of carbonyl (C=O) groups is 1. The SMILES string of the molecule is COc1cc2c(c(OC)c1OC)-c1ccc(SC)c(=O)cc1C(NC(=O)c1cccc([N+](=O)[O-])c1)CC2. The van der Waals surface area contributed by atoms with Crippen LogP contribution < -0.4 is 25.0 Å². The van der Waals surface area contributed by atoms with Crippen LogP contribution in [-0.2, 0) is 6.42 Å². The fourth-order valence-corrected chi connectivity index (χ4v) is 5.08. The molecule has 0 heterocycles. The van der Waals surface area contributed by atoms with Crippen molar-refractivity contribution < 1.29 is 23.9 Å². The van der Waals surface area contributed by atoms with E-state index in [1.165, 1.54) is 43.1 Å². The average molecular weight is 523 g/mol. The molecule has 10 heteroatoms. The Morgan fingerprint density at radius 2 is 1.81 bits per heavy atom. The lowest BCUT2D eigenvalue weighted by atomic mass is 9.95. The number of benzene rings is 2. The van der Waals surface area contributed by atoms with Crippen molar-refractivity contribution in [3.63, 3.8) is 0 Å². The first kappa shape index (κ1) is 26.0. The number of amides is 1. The minimum atomic E-state index is -0.550. The fourth-order valence-electron chi connectivity index (χ4n) is 4.62. The molecule has 0 saturated carbocycles. The van der Waals surface area contributed by atoms with Crippen LogP contribution in [0.5, 0.6) is 17.2 Å². The zero-order valence-corrected chi connectivity index (χ0v) is 21.6. The maximum atomic E-state index is 13.2. The third-order valence-electron chi connectivity index (χ3n) is 6.35. The average Bonchev–Trinajstić information content (AvgIpc) is 3.15. The van der Waals surface area contributed by atoms with Crippen LogP contribution in [0.25, 0.3) is 11.1 Å². The largest absolute Gasteiger partial charge is 0.493 e. The molecule has 1 aliphatic carbocycles. The van der Waals surface area contributed by atoms with E-state index in [-0.39, 0.29) is 16.7 Å². The number of ether oxygens (including phenoxy) is 3. The van der Waals surface area contributed by atoms with Crippen molar-refractivity contribution in [1.29, 1.82) is 0 Å². The molecular formula is C27H26N2O7S. The highest BCUT2D eigenvalue weighted by molar-refractivity contribution is 7.98. The van der Waals surface area contributed by atoms with Gasteiger partial charge in [-0.15, -0.1) is 11.8 Å². The highest BCUT2D eigenvalue weighted by Crippen LogP contribution is 2.50. The third kappa shape index (κ3) is 4.97. The van der Waals surface area contributed by atoms with Gasteiger partial charge in [0.05, 0.1) is 37.2 Å². The number of hydrogen-bond donors (Lipinski definition) is 1. The highest BCUT2D eigenvalue weighted by atomic mass is 32.2. The van der Waals surface area contributed by atoms with Crippen LogP contribution in [0, 0.1) is 10.1 Å². The predicted molar refractivity (Wildman–Crippen MR) is 141 cm³/mol. The van der Waals surface area contributed by atoms with Crippen LogP contribution in [0.2, 0.25) is 0 Å². The van der Waals surface area contributed by atoms with Crippen LogP contribution in [0.4, 0.5) is 5.69 Å². The molecule has 0 radical (unpaired) electrons. The summed E-state index contributed by atoms with van der Waals surface area (Å²) in [6.07, 6.45) is 2.83. The van der Waals surface area contributed by atoms with Gasteiger partial charge in [-0.25, -0.2) is 0 Å². The Morgan fingerprint density at radius 1 is 1.05 bits per heavy atom. The van der Waals surface area contributed by atoms with Crippen LogP contribution in [0.1, 0.15) is 33.9 Å². The van der Waals surface area contributed by atoms with Gasteiger partial charge in [-0.3, -0.25) is 19.7 Å². The van der Waals surface area contributed by atoms with Gasteiger partial charge in [0, 0.05) is 23.3 Å². The molecule has 0 aliphatic heterocycles. The molecule has 0 saturated heterocycles. The Hall–Kier alpha value is -4.05. The number of hydrogen-bond acceptors (Lipinski definition) is 8. The topological polar surface area (TPSA) is 117 Å². The summed E-state index contributed by atoms with van der Waals surface area (Å²) in [7, 11) is 4.61. The number of fused-ring (bicyclic) bond motifs is 3. The number of nitrogens with one attached hydrogen (secondary N) is 1. The van der Waals surface area contributed by atoms with Gasteiger partial charge < -0.3 is 19.5 Å². The van der Waals surface area contributed by atoms with Crippen molar-refractivity contribution in [2.45, 2.75) is 23.8 Å². The van der Waals surface area contributed by atoms with Crippen LogP contribution in [0.3, 0.4) is 0 Å². The molecule has 1 aliphatic rings. The van der Waals surface area contributed by atoms with Gasteiger partial charge >= 0.3 is 0 Å². The second-order valence-electron chi connectivity index (χ2n) is 8.33. The molecule has 3 aromatic rings. The molecule has 0 aromatic heterocycles. The van der Waals surface area contributed by atoms with Gasteiger partial charge in [-0.05, 0) is 60.1 Å². The standard InChI is InChI=1S/C27H26N2O7S/c1-34-22-13-15-8-10-20(28-27(31)16-6-5-7-17(12-16)29(32)33)19-14-21(30)23(37-4)11-9-18(19)24(15)26(36-3)25(22)35-2/h5-7,9,11-14,20H,8,10H2,1-4H3,(H,28,31). The minimum Gasteiger partial charge on any atom is -0.493 e. The number of nitro benzene ring substituents is 1. The summed E-state index contributed by atoms with van der Waals surface area (Å²) in [6, 6.07) is 12.0. The van der Waals surface area contributed by atoms with Crippen LogP contribution >= 0.6 is 11.8 Å². The second-order valence-corrected chi connectivity index (χ2v) is 9.18. The van der Waals surface area contributed by atoms with Gasteiger partial charge in [0.2, 0.25) is 5.75 Å². The number of nitrogens with zero attached hydrogens (tertiary/aromatic N) is 1. The van der Waals surface area contributed by atoms with E-state index < -0.39 is 16.9 Å². The summed E-state index contributed by atoms with van der Waals surface area (Å²) in [5, 5.41) is 14.2. The Kier molecular flexibility index (Phi) is 7.68. The van der Waals surface area contributed by atoms with Crippen LogP contribution in [-0.4, -0.2) is 38.4 Å². The molecule has 0 fully saturated rings. The monoisotopic (exact) mass is 522 g/mol. The van der Waals surface area contributed by atoms with E-state index in [0.29, 0.717) is 46.1 Å². The zero-order valence-electron chi connectivity index (χ0n) is 20.8. The predicted octanol–water partition coefficient (Wildman–Crippen LogP) is 4.79. The number of aryl methyl sites for hydroxylation is 1. The zero-order chi connectivity index (χ0) is 26.7. The molecule has 4 rings (SSSR count). The Morgan fingerprint density at radius 3 is 2.46 bits per heavy atom. The smallest absolute Gasteiger partial charge is 0.270 e. The number of carbonyl (C=O) groups excluding carboxylic acids is 1. The lowest BCUT2D eigenvalue weighted by molar-refractivity contribution is -0.384.